The van der Waals surface area contributed by atoms with Crippen LogP contribution in [0.2, 0.25) is 5.02 Å². The molecule has 2 heterocycles. The molecular weight excluding hydrogens is 509 g/mol. The second-order valence-electron chi connectivity index (χ2n) is 5.96. The van der Waals surface area contributed by atoms with Crippen LogP contribution in [0.3, 0.4) is 0 Å². The van der Waals surface area contributed by atoms with E-state index in [0.717, 1.165) is 36.4 Å². The topological polar surface area (TPSA) is 136 Å². The summed E-state index contributed by atoms with van der Waals surface area (Å²) >= 11 is 6.48. The largest absolute Gasteiger partial charge is 0.417 e. The van der Waals surface area contributed by atoms with Gasteiger partial charge >= 0.3 is 12.1 Å². The molecule has 0 aliphatic rings. The molecule has 3 aromatic rings. The van der Waals surface area contributed by atoms with Gasteiger partial charge in [-0.15, -0.1) is 0 Å². The first-order valence-electron chi connectivity index (χ1n) is 8.55. The number of nitrogens with one attached hydrogen (secondary N) is 2. The molecule has 0 aliphatic heterocycles. The van der Waals surface area contributed by atoms with Crippen molar-refractivity contribution in [2.45, 2.75) is 21.3 Å². The van der Waals surface area contributed by atoms with Crippen LogP contribution < -0.4 is 10.2 Å². The number of hydrogen-bond donors (Lipinski definition) is 2. The normalized spacial score (nSPS) is 11.8. The van der Waals surface area contributed by atoms with Crippen LogP contribution >= 0.6 is 23.4 Å². The van der Waals surface area contributed by atoms with E-state index in [1.165, 1.54) is 19.2 Å². The quantitative estimate of drug-likeness (QED) is 0.450. The van der Waals surface area contributed by atoms with Crippen molar-refractivity contribution in [1.29, 1.82) is 0 Å². The Hall–Kier alpha value is -3.01. The van der Waals surface area contributed by atoms with Crippen LogP contribution in [0.4, 0.5) is 18.9 Å². The van der Waals surface area contributed by atoms with Crippen LogP contribution in [-0.4, -0.2) is 41.4 Å². The van der Waals surface area contributed by atoms with Gasteiger partial charge in [0.05, 0.1) is 34.5 Å². The highest BCUT2D eigenvalue weighted by Gasteiger charge is 2.34. The van der Waals surface area contributed by atoms with Gasteiger partial charge < -0.3 is 0 Å². The molecular formula is C17H12ClF3N6O4S2. The number of alkyl halides is 3. The Morgan fingerprint density at radius 3 is 2.55 bits per heavy atom. The highest BCUT2D eigenvalue weighted by Crippen LogP contribution is 2.36. The molecule has 0 saturated heterocycles. The van der Waals surface area contributed by atoms with Gasteiger partial charge in [-0.1, -0.05) is 11.6 Å². The lowest BCUT2D eigenvalue weighted by Crippen LogP contribution is -2.24. The van der Waals surface area contributed by atoms with Gasteiger partial charge in [-0.25, -0.2) is 28.8 Å². The summed E-state index contributed by atoms with van der Waals surface area (Å²) in [4.78, 5) is 31.1. The van der Waals surface area contributed by atoms with Gasteiger partial charge in [-0.2, -0.15) is 18.2 Å². The Morgan fingerprint density at radius 2 is 1.91 bits per heavy atom. The zero-order valence-electron chi connectivity index (χ0n) is 16.3. The van der Waals surface area contributed by atoms with Crippen LogP contribution in [0.1, 0.15) is 16.2 Å². The average Bonchev–Trinajstić information content (AvgIpc) is 2.74. The Kier molecular flexibility index (Phi) is 7.36. The summed E-state index contributed by atoms with van der Waals surface area (Å²) in [6, 6.07) is 5.01. The van der Waals surface area contributed by atoms with Crippen LogP contribution in [0, 0.1) is 0 Å². The predicted molar refractivity (Wildman–Crippen MR) is 110 cm³/mol. The van der Waals surface area contributed by atoms with Crippen LogP contribution in [0.5, 0.6) is 0 Å². The molecule has 0 fully saturated rings. The van der Waals surface area contributed by atoms with Crippen molar-refractivity contribution < 1.29 is 31.2 Å². The van der Waals surface area contributed by atoms with E-state index in [1.807, 2.05) is 0 Å². The number of rotatable bonds is 7. The SMILES string of the molecule is CONC(=O)c1ncnc(Sc2ccc(NS(=O)(=O)c3ccc(Cl)c(C(F)(F)F)c3)cn2)n1. The zero-order chi connectivity index (χ0) is 24.2. The lowest BCUT2D eigenvalue weighted by Gasteiger charge is -2.12. The fourth-order valence-corrected chi connectivity index (χ4v) is 4.23. The summed E-state index contributed by atoms with van der Waals surface area (Å²) in [5, 5.41) is -0.147. The number of carbonyl (C=O) groups excluding carboxylic acids is 1. The van der Waals surface area contributed by atoms with E-state index in [1.54, 1.807) is 0 Å². The molecule has 3 rings (SSSR count). The van der Waals surface area contributed by atoms with Gasteiger partial charge in [0.2, 0.25) is 5.82 Å². The Balaban J connectivity index is 1.75. The summed E-state index contributed by atoms with van der Waals surface area (Å²) in [6.45, 7) is 0. The number of halogens is 4. The third-order valence-corrected chi connectivity index (χ3v) is 6.22. The second-order valence-corrected chi connectivity index (χ2v) is 9.04. The second kappa shape index (κ2) is 9.86. The molecule has 0 bridgehead atoms. The molecule has 2 N–H and O–H groups in total. The van der Waals surface area contributed by atoms with Crippen LogP contribution in [0.15, 0.2) is 57.9 Å². The molecule has 0 saturated carbocycles. The molecule has 0 aliphatic carbocycles. The van der Waals surface area contributed by atoms with E-state index in [2.05, 4.69) is 35.0 Å². The molecule has 0 atom stereocenters. The Morgan fingerprint density at radius 1 is 1.15 bits per heavy atom. The molecule has 1 aromatic carbocycles. The lowest BCUT2D eigenvalue weighted by atomic mass is 10.2. The summed E-state index contributed by atoms with van der Waals surface area (Å²) in [7, 11) is -3.10. The van der Waals surface area contributed by atoms with Crippen molar-refractivity contribution >= 4 is 45.0 Å². The number of sulfonamides is 1. The standard InChI is InChI=1S/C17H12ClF3N6O4S2/c1-31-26-15(28)14-23-8-24-16(25-14)32-13-5-2-9(7-22-13)27-33(29,30)10-3-4-12(18)11(6-10)17(19,20)21/h2-8,27H,1H3,(H,26,28). The Labute approximate surface area is 194 Å². The molecule has 2 aromatic heterocycles. The van der Waals surface area contributed by atoms with E-state index < -0.39 is 37.6 Å². The maximum absolute atomic E-state index is 13.0. The van der Waals surface area contributed by atoms with Crippen molar-refractivity contribution in [2.75, 3.05) is 11.8 Å². The first kappa shape index (κ1) is 24.6. The minimum atomic E-state index is -4.82. The fourth-order valence-electron chi connectivity index (χ4n) is 2.28. The summed E-state index contributed by atoms with van der Waals surface area (Å²) < 4.78 is 66.2. The van der Waals surface area contributed by atoms with Gasteiger partial charge in [0.25, 0.3) is 10.0 Å². The van der Waals surface area contributed by atoms with E-state index >= 15 is 0 Å². The number of pyridine rings is 1. The minimum Gasteiger partial charge on any atom is -0.278 e. The van der Waals surface area contributed by atoms with Gasteiger partial charge in [-0.05, 0) is 42.1 Å². The molecule has 0 spiro atoms. The molecule has 174 valence electrons. The highest BCUT2D eigenvalue weighted by atomic mass is 35.5. The summed E-state index contributed by atoms with van der Waals surface area (Å²) in [5.74, 6) is -0.879. The average molecular weight is 521 g/mol. The zero-order valence-corrected chi connectivity index (χ0v) is 18.7. The van der Waals surface area contributed by atoms with E-state index in [-0.39, 0.29) is 16.7 Å². The van der Waals surface area contributed by atoms with E-state index in [9.17, 15) is 26.4 Å². The third-order valence-electron chi connectivity index (χ3n) is 3.69. The van der Waals surface area contributed by atoms with Gasteiger partial charge in [0.1, 0.15) is 11.4 Å². The van der Waals surface area contributed by atoms with E-state index in [4.69, 9.17) is 11.6 Å². The van der Waals surface area contributed by atoms with Gasteiger partial charge in [-0.3, -0.25) is 14.4 Å². The number of hydroxylamine groups is 1. The molecule has 16 heteroatoms. The summed E-state index contributed by atoms with van der Waals surface area (Å²) in [6.07, 6.45) is -2.55. The maximum Gasteiger partial charge on any atom is 0.417 e. The fraction of sp³-hybridized carbons (Fsp3) is 0.118. The molecule has 1 amide bonds. The first-order chi connectivity index (χ1) is 15.5. The molecule has 0 radical (unpaired) electrons. The number of anilines is 1. The minimum absolute atomic E-state index is 0.00123. The lowest BCUT2D eigenvalue weighted by molar-refractivity contribution is -0.137. The molecule has 0 unspecified atom stereocenters. The third kappa shape index (κ3) is 6.28. The number of carbonyl (C=O) groups is 1. The van der Waals surface area contributed by atoms with E-state index in [0.29, 0.717) is 11.1 Å². The smallest absolute Gasteiger partial charge is 0.278 e. The number of benzene rings is 1. The number of nitrogens with zero attached hydrogens (tertiary/aromatic N) is 4. The first-order valence-corrected chi connectivity index (χ1v) is 11.2. The van der Waals surface area contributed by atoms with Gasteiger partial charge in [0.15, 0.2) is 5.16 Å². The van der Waals surface area contributed by atoms with Crippen molar-refractivity contribution in [3.63, 3.8) is 0 Å². The molecule has 33 heavy (non-hydrogen) atoms. The number of hydrogen-bond acceptors (Lipinski definition) is 9. The number of aromatic nitrogens is 4. The van der Waals surface area contributed by atoms with Crippen molar-refractivity contribution in [3.05, 3.63) is 59.3 Å². The van der Waals surface area contributed by atoms with Crippen LogP contribution in [0.25, 0.3) is 0 Å². The van der Waals surface area contributed by atoms with Gasteiger partial charge in [0, 0.05) is 0 Å². The number of amides is 1. The van der Waals surface area contributed by atoms with Crippen LogP contribution in [-0.2, 0) is 21.0 Å². The summed E-state index contributed by atoms with van der Waals surface area (Å²) in [5.41, 5.74) is 0.787. The predicted octanol–water partition coefficient (Wildman–Crippen LogP) is 3.18. The monoisotopic (exact) mass is 520 g/mol. The van der Waals surface area contributed by atoms with Crippen molar-refractivity contribution in [2.24, 2.45) is 0 Å². The molecule has 10 nitrogen and oxygen atoms in total. The Bertz CT molecular complexity index is 1280. The maximum atomic E-state index is 13.0. The van der Waals surface area contributed by atoms with Crippen molar-refractivity contribution in [3.8, 4) is 0 Å². The highest BCUT2D eigenvalue weighted by molar-refractivity contribution is 7.99. The van der Waals surface area contributed by atoms with Crippen molar-refractivity contribution in [1.82, 2.24) is 25.4 Å².